The van der Waals surface area contributed by atoms with Crippen LogP contribution in [0.1, 0.15) is 15.2 Å². The fourth-order valence-electron chi connectivity index (χ4n) is 4.17. The number of rotatable bonds is 3. The van der Waals surface area contributed by atoms with Crippen molar-refractivity contribution in [1.82, 2.24) is 15.0 Å². The number of aryl methyl sites for hydroxylation is 2. The first-order valence-corrected chi connectivity index (χ1v) is 15.6. The maximum absolute atomic E-state index is 7.51. The van der Waals surface area contributed by atoms with Gasteiger partial charge in [-0.15, -0.1) is 53.2 Å². The van der Waals surface area contributed by atoms with Crippen molar-refractivity contribution in [2.45, 2.75) is 33.4 Å². The van der Waals surface area contributed by atoms with E-state index in [1.54, 1.807) is 18.3 Å². The Hall–Kier alpha value is -3.44. The summed E-state index contributed by atoms with van der Waals surface area (Å²) in [5.41, 5.74) is 6.30. The van der Waals surface area contributed by atoms with Gasteiger partial charge >= 0.3 is 0 Å². The second-order valence-electron chi connectivity index (χ2n) is 9.93. The standard InChI is InChI=1S/C20H19N2OSi.C12H10N.Ir/c1-13-5-7-16(22-11-13)14-6-8-18(24(2,3)4)19-15-12-21-10-9-17(15)23-20(14)19;1-10-7-8-12(13-9-10)11-5-3-2-4-6-11;/h5,7-12H,1-4H3;2-5,7-9H,1H3;/q2*-1;/i1D3;;. The third-order valence-corrected chi connectivity index (χ3v) is 8.08. The van der Waals surface area contributed by atoms with Crippen LogP contribution in [0.25, 0.3) is 44.5 Å². The quantitative estimate of drug-likeness (QED) is 0.142. The zero-order valence-corrected chi connectivity index (χ0v) is 25.1. The molecule has 0 aliphatic rings. The molecule has 4 aromatic heterocycles. The van der Waals surface area contributed by atoms with Gasteiger partial charge < -0.3 is 14.4 Å². The van der Waals surface area contributed by atoms with E-state index in [1.165, 1.54) is 16.9 Å². The SMILES string of the molecule is Cc1ccc(-c2[c-]cccc2)nc1.[2H]C([2H])([2H])c1ccc(-c2[c-]cc([Si](C)(C)C)c3c2oc2ccncc23)nc1.[Ir]. The van der Waals surface area contributed by atoms with Gasteiger partial charge in [0.05, 0.1) is 5.58 Å². The van der Waals surface area contributed by atoms with E-state index >= 15 is 0 Å². The van der Waals surface area contributed by atoms with Crippen molar-refractivity contribution in [2.24, 2.45) is 0 Å². The topological polar surface area (TPSA) is 51.8 Å². The molecule has 0 unspecified atom stereocenters. The molecular weight excluding hydrogens is 663 g/mol. The summed E-state index contributed by atoms with van der Waals surface area (Å²) in [6, 6.07) is 25.6. The molecule has 0 fully saturated rings. The summed E-state index contributed by atoms with van der Waals surface area (Å²) >= 11 is 0. The Morgan fingerprint density at radius 1 is 0.868 bits per heavy atom. The van der Waals surface area contributed by atoms with E-state index < -0.39 is 14.9 Å². The van der Waals surface area contributed by atoms with Gasteiger partial charge in [0.25, 0.3) is 0 Å². The van der Waals surface area contributed by atoms with Crippen molar-refractivity contribution in [3.05, 3.63) is 109 Å². The Morgan fingerprint density at radius 3 is 2.29 bits per heavy atom. The van der Waals surface area contributed by atoms with E-state index in [0.29, 0.717) is 5.69 Å². The molecule has 6 aromatic rings. The van der Waals surface area contributed by atoms with Crippen LogP contribution in [0.5, 0.6) is 0 Å². The fraction of sp³-hybridized carbons (Fsp3) is 0.156. The summed E-state index contributed by atoms with van der Waals surface area (Å²) in [5, 5.41) is 3.30. The molecule has 2 aromatic carbocycles. The van der Waals surface area contributed by atoms with Crippen LogP contribution in [0.3, 0.4) is 0 Å². The summed E-state index contributed by atoms with van der Waals surface area (Å²) in [7, 11) is -1.65. The molecule has 0 spiro atoms. The Morgan fingerprint density at radius 2 is 1.63 bits per heavy atom. The molecule has 4 nitrogen and oxygen atoms in total. The largest absolute Gasteiger partial charge is 0.500 e. The van der Waals surface area contributed by atoms with Crippen molar-refractivity contribution in [3.8, 4) is 22.5 Å². The molecule has 0 bridgehead atoms. The number of benzene rings is 2. The van der Waals surface area contributed by atoms with Crippen molar-refractivity contribution >= 4 is 35.2 Å². The minimum Gasteiger partial charge on any atom is -0.500 e. The van der Waals surface area contributed by atoms with Gasteiger partial charge in [0.15, 0.2) is 0 Å². The van der Waals surface area contributed by atoms with Gasteiger partial charge in [0, 0.05) is 62.5 Å². The van der Waals surface area contributed by atoms with Gasteiger partial charge in [-0.1, -0.05) is 54.9 Å². The third-order valence-electron chi connectivity index (χ3n) is 6.07. The molecule has 0 N–H and O–H groups in total. The van der Waals surface area contributed by atoms with Crippen molar-refractivity contribution in [2.75, 3.05) is 0 Å². The molecular formula is C32H29IrN3OSi-2. The van der Waals surface area contributed by atoms with Crippen LogP contribution in [0, 0.1) is 25.9 Å². The zero-order valence-electron chi connectivity index (χ0n) is 24.7. The van der Waals surface area contributed by atoms with Crippen molar-refractivity contribution in [3.63, 3.8) is 0 Å². The molecule has 0 atom stereocenters. The second-order valence-corrected chi connectivity index (χ2v) is 15.0. The first kappa shape index (κ1) is 23.7. The van der Waals surface area contributed by atoms with Crippen LogP contribution in [0.15, 0.2) is 89.9 Å². The van der Waals surface area contributed by atoms with Crippen LogP contribution in [-0.2, 0) is 20.1 Å². The monoisotopic (exact) mass is 695 g/mol. The molecule has 193 valence electrons. The molecule has 4 heterocycles. The molecule has 0 saturated heterocycles. The van der Waals surface area contributed by atoms with E-state index in [2.05, 4.69) is 52.8 Å². The van der Waals surface area contributed by atoms with Crippen molar-refractivity contribution in [1.29, 1.82) is 0 Å². The van der Waals surface area contributed by atoms with E-state index in [-0.39, 0.29) is 25.7 Å². The summed E-state index contributed by atoms with van der Waals surface area (Å²) in [6.07, 6.45) is 6.82. The second kappa shape index (κ2) is 11.5. The van der Waals surface area contributed by atoms with Crippen LogP contribution < -0.4 is 5.19 Å². The summed E-state index contributed by atoms with van der Waals surface area (Å²) in [6.45, 7) is 6.72. The van der Waals surface area contributed by atoms with E-state index in [0.717, 1.165) is 38.8 Å². The molecule has 0 aliphatic heterocycles. The maximum atomic E-state index is 7.51. The van der Waals surface area contributed by atoms with Crippen LogP contribution in [0.2, 0.25) is 19.6 Å². The number of aromatic nitrogens is 3. The van der Waals surface area contributed by atoms with Gasteiger partial charge in [-0.2, -0.15) is 0 Å². The number of nitrogens with zero attached hydrogens (tertiary/aromatic N) is 3. The van der Waals surface area contributed by atoms with Gasteiger partial charge in [-0.05, 0) is 42.4 Å². The number of furan rings is 1. The number of pyridine rings is 3. The van der Waals surface area contributed by atoms with E-state index in [9.17, 15) is 0 Å². The minimum atomic E-state index is -2.17. The average molecular weight is 695 g/mol. The van der Waals surface area contributed by atoms with Crippen LogP contribution >= 0.6 is 0 Å². The predicted molar refractivity (Wildman–Crippen MR) is 155 cm³/mol. The summed E-state index contributed by atoms with van der Waals surface area (Å²) < 4.78 is 28.7. The predicted octanol–water partition coefficient (Wildman–Crippen LogP) is 7.55. The summed E-state index contributed by atoms with van der Waals surface area (Å²) in [5.74, 6) is 0. The number of hydrogen-bond acceptors (Lipinski definition) is 4. The molecule has 0 amide bonds. The molecule has 0 saturated carbocycles. The van der Waals surface area contributed by atoms with Crippen molar-refractivity contribution < 1.29 is 28.6 Å². The Kier molecular flexibility index (Phi) is 7.17. The van der Waals surface area contributed by atoms with Crippen LogP contribution in [-0.4, -0.2) is 23.0 Å². The van der Waals surface area contributed by atoms with Crippen LogP contribution in [0.4, 0.5) is 0 Å². The van der Waals surface area contributed by atoms with Gasteiger partial charge in [0.2, 0.25) is 0 Å². The Balaban J connectivity index is 0.000000233. The first-order chi connectivity index (χ1) is 19.0. The molecule has 6 heteroatoms. The average Bonchev–Trinajstić information content (AvgIpc) is 3.32. The normalized spacial score (nSPS) is 12.6. The van der Waals surface area contributed by atoms with Gasteiger partial charge in [0.1, 0.15) is 5.58 Å². The first-order valence-electron chi connectivity index (χ1n) is 13.6. The van der Waals surface area contributed by atoms with Gasteiger partial charge in [-0.25, -0.2) is 0 Å². The zero-order chi connectivity index (χ0) is 28.5. The Labute approximate surface area is 242 Å². The van der Waals surface area contributed by atoms with E-state index in [4.69, 9.17) is 8.53 Å². The molecule has 6 rings (SSSR count). The number of fused-ring (bicyclic) bond motifs is 3. The maximum Gasteiger partial charge on any atom is 0.124 e. The smallest absolute Gasteiger partial charge is 0.124 e. The molecule has 1 radical (unpaired) electrons. The fourth-order valence-corrected chi connectivity index (χ4v) is 5.67. The molecule has 38 heavy (non-hydrogen) atoms. The van der Waals surface area contributed by atoms with E-state index in [1.807, 2.05) is 61.8 Å². The number of hydrogen-bond donors (Lipinski definition) is 0. The van der Waals surface area contributed by atoms with Gasteiger partial charge in [-0.3, -0.25) is 4.98 Å². The Bertz CT molecular complexity index is 1760. The molecule has 0 aliphatic carbocycles. The third kappa shape index (κ3) is 5.83. The summed E-state index contributed by atoms with van der Waals surface area (Å²) in [4.78, 5) is 13.0. The minimum absolute atomic E-state index is 0.